The largest absolute Gasteiger partial charge is 0.478 e. The minimum absolute atomic E-state index is 0.111. The summed E-state index contributed by atoms with van der Waals surface area (Å²) < 4.78 is 4.50. The van der Waals surface area contributed by atoms with Gasteiger partial charge in [-0.25, -0.2) is 9.59 Å². The molecule has 0 bridgehead atoms. The van der Waals surface area contributed by atoms with E-state index in [0.717, 1.165) is 6.08 Å². The van der Waals surface area contributed by atoms with E-state index in [4.69, 9.17) is 33.6 Å². The van der Waals surface area contributed by atoms with Gasteiger partial charge in [-0.15, -0.1) is 0 Å². The molecule has 110 valence electrons. The van der Waals surface area contributed by atoms with Crippen LogP contribution in [0.1, 0.15) is 6.42 Å². The Hall–Kier alpha value is -2.03. The highest BCUT2D eigenvalue weighted by Gasteiger charge is 2.02. The minimum atomic E-state index is -0.981. The summed E-state index contributed by atoms with van der Waals surface area (Å²) in [6.07, 6.45) is 4.05. The number of carbonyl (C=O) groups excluding carboxylic acids is 1. The maximum absolute atomic E-state index is 10.7. The van der Waals surface area contributed by atoms with E-state index in [-0.39, 0.29) is 4.49 Å². The Morgan fingerprint density at radius 3 is 2.05 bits per heavy atom. The predicted octanol–water partition coefficient (Wildman–Crippen LogP) is 3.38. The summed E-state index contributed by atoms with van der Waals surface area (Å²) in [5, 5.41) is 15.7. The van der Waals surface area contributed by atoms with Crippen LogP contribution in [0.5, 0.6) is 0 Å². The van der Waals surface area contributed by atoms with Gasteiger partial charge in [-0.1, -0.05) is 49.0 Å². The van der Waals surface area contributed by atoms with Crippen molar-refractivity contribution in [3.8, 4) is 6.07 Å². The van der Waals surface area contributed by atoms with Crippen molar-refractivity contribution in [1.82, 2.24) is 0 Å². The van der Waals surface area contributed by atoms with Crippen LogP contribution in [0.15, 0.2) is 48.0 Å². The molecule has 0 rings (SSSR count). The van der Waals surface area contributed by atoms with Crippen LogP contribution in [0, 0.1) is 11.3 Å². The van der Waals surface area contributed by atoms with E-state index in [1.165, 1.54) is 13.2 Å². The zero-order valence-electron chi connectivity index (χ0n) is 10.9. The van der Waals surface area contributed by atoms with Crippen LogP contribution in [0.2, 0.25) is 0 Å². The molecule has 5 nitrogen and oxygen atoms in total. The number of nitrogens with zero attached hydrogens (tertiary/aromatic N) is 1. The molecular weight excluding hydrogens is 305 g/mol. The number of carbonyl (C=O) groups is 2. The van der Waals surface area contributed by atoms with Crippen molar-refractivity contribution in [2.45, 2.75) is 6.42 Å². The Balaban J connectivity index is -0.000000266. The second-order valence-electron chi connectivity index (χ2n) is 2.71. The van der Waals surface area contributed by atoms with Gasteiger partial charge < -0.3 is 9.84 Å². The molecule has 20 heavy (non-hydrogen) atoms. The van der Waals surface area contributed by atoms with Crippen molar-refractivity contribution in [1.29, 1.82) is 5.26 Å². The van der Waals surface area contributed by atoms with Crippen LogP contribution < -0.4 is 0 Å². The van der Waals surface area contributed by atoms with E-state index in [2.05, 4.69) is 24.5 Å². The van der Waals surface area contributed by atoms with Gasteiger partial charge >= 0.3 is 11.9 Å². The van der Waals surface area contributed by atoms with E-state index in [0.29, 0.717) is 12.0 Å². The maximum Gasteiger partial charge on any atom is 0.333 e. The summed E-state index contributed by atoms with van der Waals surface area (Å²) in [6, 6.07) is 1.81. The fourth-order valence-electron chi connectivity index (χ4n) is 0.482. The Kier molecular flexibility index (Phi) is 19.6. The summed E-state index contributed by atoms with van der Waals surface area (Å²) in [6.45, 7) is 9.51. The van der Waals surface area contributed by atoms with Crippen LogP contribution in [0.4, 0.5) is 0 Å². The molecule has 0 aromatic heterocycles. The fraction of sp³-hybridized carbons (Fsp3) is 0.154. The van der Waals surface area contributed by atoms with E-state index in [1.807, 2.05) is 0 Å². The van der Waals surface area contributed by atoms with Gasteiger partial charge in [-0.05, 0) is 6.42 Å². The first kappa shape index (κ1) is 23.1. The van der Waals surface area contributed by atoms with Crippen molar-refractivity contribution >= 4 is 35.1 Å². The lowest BCUT2D eigenvalue weighted by Crippen LogP contribution is -2.02. The van der Waals surface area contributed by atoms with E-state index < -0.39 is 11.9 Å². The molecule has 0 aliphatic carbocycles. The second-order valence-corrected chi connectivity index (χ2v) is 3.82. The molecule has 1 N–H and O–H groups in total. The topological polar surface area (TPSA) is 87.4 Å². The molecule has 0 aliphatic rings. The molecule has 0 saturated heterocycles. The molecule has 0 aromatic rings. The first-order chi connectivity index (χ1) is 9.22. The molecule has 7 heteroatoms. The van der Waals surface area contributed by atoms with Crippen LogP contribution >= 0.6 is 23.2 Å². The van der Waals surface area contributed by atoms with Crippen molar-refractivity contribution < 1.29 is 19.4 Å². The summed E-state index contributed by atoms with van der Waals surface area (Å²) >= 11 is 9.69. The lowest BCUT2D eigenvalue weighted by atomic mass is 10.2. The van der Waals surface area contributed by atoms with Crippen molar-refractivity contribution in [3.63, 3.8) is 0 Å². The van der Waals surface area contributed by atoms with Crippen LogP contribution in [-0.2, 0) is 14.3 Å². The average molecular weight is 320 g/mol. The number of nitriles is 1. The van der Waals surface area contributed by atoms with Gasteiger partial charge in [-0.3, -0.25) is 0 Å². The summed E-state index contributed by atoms with van der Waals surface area (Å²) in [4.78, 5) is 19.9. The first-order valence-electron chi connectivity index (χ1n) is 4.88. The number of carboxylic acid groups (broad SMARTS) is 1. The maximum atomic E-state index is 10.7. The Labute approximate surface area is 128 Å². The number of methoxy groups -OCH3 is 1. The first-order valence-corrected chi connectivity index (χ1v) is 5.64. The number of esters is 1. The molecule has 0 amide bonds. The van der Waals surface area contributed by atoms with Crippen LogP contribution in [0.25, 0.3) is 0 Å². The van der Waals surface area contributed by atoms with E-state index in [9.17, 15) is 9.59 Å². The molecule has 0 heterocycles. The van der Waals surface area contributed by atoms with Gasteiger partial charge in [0.2, 0.25) is 0 Å². The Bertz CT molecular complexity index is 419. The third kappa shape index (κ3) is 29.7. The number of carboxylic acids is 1. The standard InChI is InChI=1S/C8H9NO2.C3H4O2.C2H2Cl2/c1-7(8(10)11-2)5-3-4-6-9;1-2-3(4)5;1-2(3)4/h3-4H,1,5H2,2H3;2H,1H2,(H,4,5);1H2. The Morgan fingerprint density at radius 1 is 1.40 bits per heavy atom. The highest BCUT2D eigenvalue weighted by molar-refractivity contribution is 6.55. The van der Waals surface area contributed by atoms with Gasteiger partial charge in [0.1, 0.15) is 0 Å². The lowest BCUT2D eigenvalue weighted by Gasteiger charge is -1.97. The second kappa shape index (κ2) is 17.0. The van der Waals surface area contributed by atoms with Gasteiger partial charge in [0.05, 0.1) is 17.7 Å². The number of hydrogen-bond acceptors (Lipinski definition) is 4. The van der Waals surface area contributed by atoms with Gasteiger partial charge in [-0.2, -0.15) is 5.26 Å². The highest BCUT2D eigenvalue weighted by atomic mass is 35.5. The summed E-state index contributed by atoms with van der Waals surface area (Å²) in [5.41, 5.74) is 0.346. The molecule has 0 spiro atoms. The Morgan fingerprint density at radius 2 is 1.80 bits per heavy atom. The zero-order valence-corrected chi connectivity index (χ0v) is 12.4. The lowest BCUT2D eigenvalue weighted by molar-refractivity contribution is -0.136. The predicted molar refractivity (Wildman–Crippen MR) is 79.2 cm³/mol. The number of halogens is 2. The zero-order chi connectivity index (χ0) is 16.6. The van der Waals surface area contributed by atoms with Crippen molar-refractivity contribution in [3.05, 3.63) is 48.0 Å². The van der Waals surface area contributed by atoms with Gasteiger partial charge in [0.25, 0.3) is 0 Å². The monoisotopic (exact) mass is 319 g/mol. The third-order valence-electron chi connectivity index (χ3n) is 1.21. The van der Waals surface area contributed by atoms with Crippen molar-refractivity contribution in [2.24, 2.45) is 0 Å². The molecular formula is C13H15Cl2NO4. The van der Waals surface area contributed by atoms with E-state index in [1.54, 1.807) is 12.1 Å². The summed E-state index contributed by atoms with van der Waals surface area (Å²) in [5.74, 6) is -1.42. The SMILES string of the molecule is C=C(CC=CC#N)C(=O)OC.C=C(Cl)Cl.C=CC(=O)O. The van der Waals surface area contributed by atoms with Crippen molar-refractivity contribution in [2.75, 3.05) is 7.11 Å². The van der Waals surface area contributed by atoms with Gasteiger partial charge in [0.15, 0.2) is 0 Å². The fourth-order valence-corrected chi connectivity index (χ4v) is 0.482. The molecule has 0 atom stereocenters. The van der Waals surface area contributed by atoms with E-state index >= 15 is 0 Å². The highest BCUT2D eigenvalue weighted by Crippen LogP contribution is 2.00. The molecule has 0 radical (unpaired) electrons. The average Bonchev–Trinajstić information content (AvgIpc) is 2.37. The number of hydrogen-bond donors (Lipinski definition) is 1. The molecule has 0 unspecified atom stereocenters. The normalized spacial score (nSPS) is 7.90. The molecule has 0 saturated carbocycles. The number of rotatable bonds is 4. The van der Waals surface area contributed by atoms with Crippen LogP contribution in [0.3, 0.4) is 0 Å². The smallest absolute Gasteiger partial charge is 0.333 e. The molecule has 0 aromatic carbocycles. The quantitative estimate of drug-likeness (QED) is 0.487. The number of allylic oxidation sites excluding steroid dienone is 2. The molecule has 0 fully saturated rings. The summed E-state index contributed by atoms with van der Waals surface area (Å²) in [7, 11) is 1.29. The minimum Gasteiger partial charge on any atom is -0.478 e. The third-order valence-corrected chi connectivity index (χ3v) is 1.21. The van der Waals surface area contributed by atoms with Gasteiger partial charge in [0, 0.05) is 17.7 Å². The molecule has 0 aliphatic heterocycles. The van der Waals surface area contributed by atoms with Crippen LogP contribution in [-0.4, -0.2) is 24.2 Å². The number of aliphatic carboxylic acids is 1. The number of ether oxygens (including phenoxy) is 1.